The molecular weight excluding hydrogens is 346 g/mol. The number of anilines is 2. The Hall–Kier alpha value is -1.63. The van der Waals surface area contributed by atoms with Crippen LogP contribution < -0.4 is 20.3 Å². The lowest BCUT2D eigenvalue weighted by Crippen LogP contribution is -2.39. The molecule has 0 spiro atoms. The smallest absolute Gasteiger partial charge is 0.234 e. The van der Waals surface area contributed by atoms with Crippen LogP contribution in [-0.4, -0.2) is 40.8 Å². The van der Waals surface area contributed by atoms with Gasteiger partial charge in [0.15, 0.2) is 5.11 Å². The van der Waals surface area contributed by atoms with Gasteiger partial charge in [-0.05, 0) is 51.2 Å². The maximum atomic E-state index is 5.51. The van der Waals surface area contributed by atoms with Crippen LogP contribution in [0.25, 0.3) is 0 Å². The van der Waals surface area contributed by atoms with Crippen LogP contribution in [-0.2, 0) is 0 Å². The standard InChI is InChI=1S/C19H31N5OS/c1-14-9-7-8-12-24(14)16-13-17(25-2)22-18(21-16)23-19(26)20-15-10-5-3-4-6-11-15/h13-15H,3-12H2,1-2H3,(H2,20,21,22,23,26). The molecule has 1 aromatic rings. The fourth-order valence-corrected chi connectivity index (χ4v) is 4.16. The van der Waals surface area contributed by atoms with E-state index in [1.165, 1.54) is 57.8 Å². The number of methoxy groups -OCH3 is 1. The summed E-state index contributed by atoms with van der Waals surface area (Å²) in [6, 6.07) is 2.84. The van der Waals surface area contributed by atoms with E-state index in [1.54, 1.807) is 7.11 Å². The van der Waals surface area contributed by atoms with E-state index in [0.29, 0.717) is 29.0 Å². The van der Waals surface area contributed by atoms with Gasteiger partial charge in [0, 0.05) is 24.7 Å². The van der Waals surface area contributed by atoms with Gasteiger partial charge in [0.05, 0.1) is 7.11 Å². The Morgan fingerprint density at radius 3 is 2.54 bits per heavy atom. The summed E-state index contributed by atoms with van der Waals surface area (Å²) >= 11 is 5.51. The molecular formula is C19H31N5OS. The number of ether oxygens (including phenoxy) is 1. The minimum atomic E-state index is 0.449. The SMILES string of the molecule is COc1cc(N2CCCCC2C)nc(NC(=S)NC2CCCCCC2)n1. The molecule has 2 N–H and O–H groups in total. The minimum Gasteiger partial charge on any atom is -0.481 e. The second-order valence-electron chi connectivity index (χ2n) is 7.42. The van der Waals surface area contributed by atoms with Gasteiger partial charge in [0.1, 0.15) is 5.82 Å². The zero-order valence-electron chi connectivity index (χ0n) is 16.0. The first-order valence-electron chi connectivity index (χ1n) is 9.93. The summed E-state index contributed by atoms with van der Waals surface area (Å²) < 4.78 is 5.39. The first-order chi connectivity index (χ1) is 12.7. The predicted octanol–water partition coefficient (Wildman–Crippen LogP) is 3.87. The highest BCUT2D eigenvalue weighted by molar-refractivity contribution is 7.80. The van der Waals surface area contributed by atoms with Gasteiger partial charge >= 0.3 is 0 Å². The van der Waals surface area contributed by atoms with Crippen LogP contribution in [0, 0.1) is 0 Å². The summed E-state index contributed by atoms with van der Waals surface area (Å²) in [7, 11) is 1.64. The van der Waals surface area contributed by atoms with Crippen LogP contribution in [0.5, 0.6) is 5.88 Å². The molecule has 2 aliphatic rings. The highest BCUT2D eigenvalue weighted by atomic mass is 32.1. The number of hydrogen-bond acceptors (Lipinski definition) is 5. The maximum Gasteiger partial charge on any atom is 0.234 e. The molecule has 6 nitrogen and oxygen atoms in total. The summed E-state index contributed by atoms with van der Waals surface area (Å²) in [5, 5.41) is 7.21. The summed E-state index contributed by atoms with van der Waals surface area (Å²) in [6.45, 7) is 3.27. The topological polar surface area (TPSA) is 62.3 Å². The molecule has 1 unspecified atom stereocenters. The highest BCUT2D eigenvalue weighted by Crippen LogP contribution is 2.26. The van der Waals surface area contributed by atoms with Gasteiger partial charge < -0.3 is 20.3 Å². The van der Waals surface area contributed by atoms with Crippen LogP contribution in [0.3, 0.4) is 0 Å². The lowest BCUT2D eigenvalue weighted by Gasteiger charge is -2.34. The van der Waals surface area contributed by atoms with E-state index in [9.17, 15) is 0 Å². The van der Waals surface area contributed by atoms with E-state index < -0.39 is 0 Å². The number of piperidine rings is 1. The zero-order valence-corrected chi connectivity index (χ0v) is 16.8. The van der Waals surface area contributed by atoms with Crippen molar-refractivity contribution in [3.05, 3.63) is 6.07 Å². The Morgan fingerprint density at radius 1 is 1.12 bits per heavy atom. The second-order valence-corrected chi connectivity index (χ2v) is 7.83. The largest absolute Gasteiger partial charge is 0.481 e. The van der Waals surface area contributed by atoms with Crippen molar-refractivity contribution in [3.63, 3.8) is 0 Å². The van der Waals surface area contributed by atoms with Crippen LogP contribution in [0.1, 0.15) is 64.7 Å². The van der Waals surface area contributed by atoms with Crippen LogP contribution in [0.4, 0.5) is 11.8 Å². The Bertz CT molecular complexity index is 604. The maximum absolute atomic E-state index is 5.51. The first kappa shape index (κ1) is 19.1. The molecule has 3 rings (SSSR count). The second kappa shape index (κ2) is 9.35. The molecule has 2 fully saturated rings. The molecule has 7 heteroatoms. The van der Waals surface area contributed by atoms with Crippen molar-refractivity contribution in [3.8, 4) is 5.88 Å². The van der Waals surface area contributed by atoms with E-state index in [1.807, 2.05) is 6.07 Å². The average Bonchev–Trinajstić information content (AvgIpc) is 2.90. The molecule has 0 aromatic carbocycles. The summed E-state index contributed by atoms with van der Waals surface area (Å²) in [5.41, 5.74) is 0. The Morgan fingerprint density at radius 2 is 1.85 bits per heavy atom. The predicted molar refractivity (Wildman–Crippen MR) is 110 cm³/mol. The fourth-order valence-electron chi connectivity index (χ4n) is 3.91. The number of rotatable bonds is 4. The number of aromatic nitrogens is 2. The van der Waals surface area contributed by atoms with Crippen molar-refractivity contribution in [1.82, 2.24) is 15.3 Å². The molecule has 0 amide bonds. The molecule has 1 saturated heterocycles. The number of nitrogens with zero attached hydrogens (tertiary/aromatic N) is 3. The van der Waals surface area contributed by atoms with Gasteiger partial charge in [-0.2, -0.15) is 9.97 Å². The Balaban J connectivity index is 1.68. The van der Waals surface area contributed by atoms with Crippen molar-refractivity contribution in [1.29, 1.82) is 0 Å². The van der Waals surface area contributed by atoms with E-state index >= 15 is 0 Å². The van der Waals surface area contributed by atoms with E-state index in [0.717, 1.165) is 12.4 Å². The Kier molecular flexibility index (Phi) is 6.88. The van der Waals surface area contributed by atoms with Crippen molar-refractivity contribution in [2.45, 2.75) is 76.8 Å². The van der Waals surface area contributed by atoms with E-state index in [4.69, 9.17) is 21.9 Å². The molecule has 0 radical (unpaired) electrons. The third-order valence-electron chi connectivity index (χ3n) is 5.41. The Labute approximate surface area is 162 Å². The van der Waals surface area contributed by atoms with Gasteiger partial charge in [-0.25, -0.2) is 0 Å². The fraction of sp³-hybridized carbons (Fsp3) is 0.737. The lowest BCUT2D eigenvalue weighted by atomic mass is 10.0. The van der Waals surface area contributed by atoms with Gasteiger partial charge in [-0.1, -0.05) is 25.7 Å². The van der Waals surface area contributed by atoms with Crippen LogP contribution >= 0.6 is 12.2 Å². The molecule has 1 saturated carbocycles. The monoisotopic (exact) mass is 377 g/mol. The van der Waals surface area contributed by atoms with Crippen molar-refractivity contribution in [2.75, 3.05) is 23.9 Å². The summed E-state index contributed by atoms with van der Waals surface area (Å²) in [6.07, 6.45) is 11.2. The quantitative estimate of drug-likeness (QED) is 0.610. The van der Waals surface area contributed by atoms with Crippen molar-refractivity contribution >= 4 is 29.1 Å². The van der Waals surface area contributed by atoms with Crippen LogP contribution in [0.15, 0.2) is 6.07 Å². The number of hydrogen-bond donors (Lipinski definition) is 2. The first-order valence-corrected chi connectivity index (χ1v) is 10.3. The normalized spacial score (nSPS) is 21.8. The third kappa shape index (κ3) is 5.19. The van der Waals surface area contributed by atoms with Gasteiger partial charge in [0.2, 0.25) is 11.8 Å². The minimum absolute atomic E-state index is 0.449. The molecule has 1 atom stereocenters. The summed E-state index contributed by atoms with van der Waals surface area (Å²) in [5.74, 6) is 1.97. The van der Waals surface area contributed by atoms with Crippen LogP contribution in [0.2, 0.25) is 0 Å². The van der Waals surface area contributed by atoms with Crippen molar-refractivity contribution < 1.29 is 4.74 Å². The summed E-state index contributed by atoms with van der Waals surface area (Å²) in [4.78, 5) is 11.5. The highest BCUT2D eigenvalue weighted by Gasteiger charge is 2.21. The number of thiocarbonyl (C=S) groups is 1. The molecule has 2 heterocycles. The van der Waals surface area contributed by atoms with Gasteiger partial charge in [-0.3, -0.25) is 0 Å². The van der Waals surface area contributed by atoms with E-state index in [-0.39, 0.29) is 0 Å². The zero-order chi connectivity index (χ0) is 18.4. The van der Waals surface area contributed by atoms with Gasteiger partial charge in [-0.15, -0.1) is 0 Å². The molecule has 0 bridgehead atoms. The molecule has 26 heavy (non-hydrogen) atoms. The molecule has 1 aliphatic heterocycles. The number of nitrogens with one attached hydrogen (secondary N) is 2. The molecule has 144 valence electrons. The van der Waals surface area contributed by atoms with E-state index in [2.05, 4.69) is 27.4 Å². The third-order valence-corrected chi connectivity index (χ3v) is 5.63. The molecule has 1 aromatic heterocycles. The molecule has 1 aliphatic carbocycles. The average molecular weight is 378 g/mol. The van der Waals surface area contributed by atoms with Gasteiger partial charge in [0.25, 0.3) is 0 Å². The lowest BCUT2D eigenvalue weighted by molar-refractivity contribution is 0.396. The van der Waals surface area contributed by atoms with Crippen molar-refractivity contribution in [2.24, 2.45) is 0 Å².